The standard InChI is InChI=1S/C64H67BN2O/c1-59(2)27-29-61(5,6)46-34-39(21-23-44(46)59)66-52-37-49-48(63(9,10)31-32-64(49,11)12)36-50(52)65-57-43(33-38-17-13-14-18-41(38)58(57)66)55-51(25-26-54-56(55)42-19-15-16-20-53(42)68-54)67(65)40-22-24-45-47(35-40)62(7,8)30-28-60(45,3)4/h13-26,33-37H,27-32H2,1-12H3. The highest BCUT2D eigenvalue weighted by atomic mass is 16.3. The van der Waals surface area contributed by atoms with Crippen molar-refractivity contribution in [1.29, 1.82) is 0 Å². The maximum atomic E-state index is 6.80. The minimum atomic E-state index is -0.101. The van der Waals surface area contributed by atoms with E-state index in [2.05, 4.69) is 208 Å². The molecule has 0 N–H and O–H groups in total. The van der Waals surface area contributed by atoms with Crippen molar-refractivity contribution in [3.63, 3.8) is 0 Å². The molecular formula is C64H67BN2O. The van der Waals surface area contributed by atoms with Crippen LogP contribution in [0.15, 0.2) is 120 Å². The second kappa shape index (κ2) is 13.5. The molecule has 0 amide bonds. The zero-order valence-corrected chi connectivity index (χ0v) is 42.6. The van der Waals surface area contributed by atoms with Crippen molar-refractivity contribution >= 4 is 78.9 Å². The molecule has 4 heteroatoms. The van der Waals surface area contributed by atoms with Gasteiger partial charge in [-0.25, -0.2) is 0 Å². The zero-order valence-electron chi connectivity index (χ0n) is 42.6. The van der Waals surface area contributed by atoms with Crippen molar-refractivity contribution in [3.05, 3.63) is 149 Å². The Morgan fingerprint density at radius 3 is 1.59 bits per heavy atom. The van der Waals surface area contributed by atoms with Gasteiger partial charge >= 0.3 is 6.85 Å². The second-order valence-corrected chi connectivity index (χ2v) is 25.7. The first-order chi connectivity index (χ1) is 32.2. The first-order valence-corrected chi connectivity index (χ1v) is 25.8. The molecule has 8 aromatic rings. The summed E-state index contributed by atoms with van der Waals surface area (Å²) in [6.07, 6.45) is 7.05. The molecule has 68 heavy (non-hydrogen) atoms. The Morgan fingerprint density at radius 1 is 0.441 bits per heavy atom. The number of hydrogen-bond donors (Lipinski definition) is 0. The van der Waals surface area contributed by atoms with Crippen molar-refractivity contribution in [2.45, 2.75) is 154 Å². The maximum absolute atomic E-state index is 6.80. The summed E-state index contributed by atoms with van der Waals surface area (Å²) < 4.78 is 6.80. The first-order valence-electron chi connectivity index (χ1n) is 25.8. The summed E-state index contributed by atoms with van der Waals surface area (Å²) in [5.74, 6) is 0. The topological polar surface area (TPSA) is 19.6 Å². The molecule has 13 rings (SSSR count). The lowest BCUT2D eigenvalue weighted by atomic mass is 9.42. The number of benzene rings is 7. The van der Waals surface area contributed by atoms with Crippen LogP contribution < -0.4 is 20.6 Å². The highest BCUT2D eigenvalue weighted by Gasteiger charge is 2.50. The summed E-state index contributed by atoms with van der Waals surface area (Å²) in [6, 6.07) is 45.6. The fraction of sp³-hybridized carbons (Fsp3) is 0.375. The van der Waals surface area contributed by atoms with Gasteiger partial charge in [-0.05, 0) is 181 Å². The Bertz CT molecular complexity index is 3500. The van der Waals surface area contributed by atoms with Crippen LogP contribution in [-0.2, 0) is 32.5 Å². The number of anilines is 5. The summed E-state index contributed by atoms with van der Waals surface area (Å²) in [6.45, 7) is 29.6. The van der Waals surface area contributed by atoms with Crippen LogP contribution in [0.2, 0.25) is 0 Å². The molecule has 5 aliphatic rings. The smallest absolute Gasteiger partial charge is 0.333 e. The predicted octanol–water partition coefficient (Wildman–Crippen LogP) is 16.5. The zero-order chi connectivity index (χ0) is 47.2. The average molecular weight is 891 g/mol. The van der Waals surface area contributed by atoms with Crippen LogP contribution >= 0.6 is 0 Å². The fourth-order valence-electron chi connectivity index (χ4n) is 14.1. The van der Waals surface area contributed by atoms with E-state index < -0.39 is 0 Å². The molecule has 2 aliphatic heterocycles. The van der Waals surface area contributed by atoms with E-state index in [-0.39, 0.29) is 39.3 Å². The number of rotatable bonds is 2. The van der Waals surface area contributed by atoms with E-state index in [0.29, 0.717) is 0 Å². The molecule has 1 aromatic heterocycles. The molecule has 3 heterocycles. The van der Waals surface area contributed by atoms with Gasteiger partial charge in [0.05, 0.1) is 5.69 Å². The highest BCUT2D eigenvalue weighted by molar-refractivity contribution is 6.94. The van der Waals surface area contributed by atoms with Crippen LogP contribution in [0.3, 0.4) is 0 Å². The average Bonchev–Trinajstić information content (AvgIpc) is 3.69. The monoisotopic (exact) mass is 891 g/mol. The molecule has 0 saturated heterocycles. The molecule has 0 saturated carbocycles. The van der Waals surface area contributed by atoms with Crippen molar-refractivity contribution in [3.8, 4) is 11.1 Å². The molecule has 3 nitrogen and oxygen atoms in total. The molecule has 0 spiro atoms. The molecule has 0 bridgehead atoms. The van der Waals surface area contributed by atoms with Crippen molar-refractivity contribution in [2.75, 3.05) is 9.71 Å². The number of para-hydroxylation sites is 1. The minimum Gasteiger partial charge on any atom is -0.456 e. The van der Waals surface area contributed by atoms with E-state index in [1.807, 2.05) is 0 Å². The van der Waals surface area contributed by atoms with E-state index in [9.17, 15) is 0 Å². The Hall–Kier alpha value is -5.74. The Morgan fingerprint density at radius 2 is 0.956 bits per heavy atom. The molecule has 0 unspecified atom stereocenters. The summed E-state index contributed by atoms with van der Waals surface area (Å²) in [5, 5.41) is 4.91. The lowest BCUT2D eigenvalue weighted by molar-refractivity contribution is 0.332. The lowest BCUT2D eigenvalue weighted by Crippen LogP contribution is -2.62. The summed E-state index contributed by atoms with van der Waals surface area (Å²) in [5.41, 5.74) is 22.9. The minimum absolute atomic E-state index is 0.0271. The Kier molecular flexibility index (Phi) is 8.43. The van der Waals surface area contributed by atoms with E-state index in [1.165, 1.54) is 131 Å². The van der Waals surface area contributed by atoms with E-state index in [1.54, 1.807) is 0 Å². The molecule has 7 aromatic carbocycles. The normalized spacial score (nSPS) is 20.6. The van der Waals surface area contributed by atoms with Crippen LogP contribution in [0.25, 0.3) is 43.8 Å². The van der Waals surface area contributed by atoms with Crippen LogP contribution in [0.4, 0.5) is 28.4 Å². The number of hydrogen-bond acceptors (Lipinski definition) is 3. The van der Waals surface area contributed by atoms with Gasteiger partial charge in [0.1, 0.15) is 11.2 Å². The Balaban J connectivity index is 1.21. The van der Waals surface area contributed by atoms with Gasteiger partial charge in [0.25, 0.3) is 0 Å². The van der Waals surface area contributed by atoms with E-state index in [4.69, 9.17) is 4.42 Å². The first kappa shape index (κ1) is 42.4. The lowest BCUT2D eigenvalue weighted by Gasteiger charge is -2.49. The third-order valence-corrected chi connectivity index (χ3v) is 18.6. The third kappa shape index (κ3) is 5.73. The van der Waals surface area contributed by atoms with E-state index in [0.717, 1.165) is 24.0 Å². The molecule has 342 valence electrons. The number of furan rings is 1. The summed E-state index contributed by atoms with van der Waals surface area (Å²) in [7, 11) is 0. The molecule has 0 atom stereocenters. The number of fused-ring (bicyclic) bond motifs is 13. The van der Waals surface area contributed by atoms with Gasteiger partial charge in [-0.3, -0.25) is 0 Å². The van der Waals surface area contributed by atoms with Gasteiger partial charge in [0.2, 0.25) is 0 Å². The highest BCUT2D eigenvalue weighted by Crippen LogP contribution is 2.57. The van der Waals surface area contributed by atoms with Gasteiger partial charge in [0, 0.05) is 44.5 Å². The third-order valence-electron chi connectivity index (χ3n) is 18.6. The predicted molar refractivity (Wildman–Crippen MR) is 291 cm³/mol. The van der Waals surface area contributed by atoms with Crippen molar-refractivity contribution < 1.29 is 4.42 Å². The molecule has 0 radical (unpaired) electrons. The van der Waals surface area contributed by atoms with Crippen LogP contribution in [0.1, 0.15) is 155 Å². The van der Waals surface area contributed by atoms with Crippen molar-refractivity contribution in [2.24, 2.45) is 0 Å². The van der Waals surface area contributed by atoms with Gasteiger partial charge in [-0.1, -0.05) is 144 Å². The van der Waals surface area contributed by atoms with Crippen LogP contribution in [-0.4, -0.2) is 6.85 Å². The molecular weight excluding hydrogens is 824 g/mol. The van der Waals surface area contributed by atoms with Gasteiger partial charge in [0.15, 0.2) is 0 Å². The second-order valence-electron chi connectivity index (χ2n) is 25.7. The summed E-state index contributed by atoms with van der Waals surface area (Å²) in [4.78, 5) is 5.51. The van der Waals surface area contributed by atoms with Gasteiger partial charge < -0.3 is 14.1 Å². The van der Waals surface area contributed by atoms with Crippen molar-refractivity contribution in [1.82, 2.24) is 0 Å². The quantitative estimate of drug-likeness (QED) is 0.161. The molecule has 3 aliphatic carbocycles. The van der Waals surface area contributed by atoms with E-state index >= 15 is 0 Å². The maximum Gasteiger partial charge on any atom is 0.333 e. The SMILES string of the molecule is CC1(C)CCC(C)(C)c2cc(N3B4c5cc6c(cc5N(c5ccc7c(c5)C(C)(C)CCC7(C)C)c5c4c(cc4ccccc54)-c4c3ccc3oc5ccccc5c43)C(C)(C)CCC6(C)C)ccc21. The fourth-order valence-corrected chi connectivity index (χ4v) is 14.1. The summed E-state index contributed by atoms with van der Waals surface area (Å²) >= 11 is 0. The van der Waals surface area contributed by atoms with Gasteiger partial charge in [-0.2, -0.15) is 0 Å². The van der Waals surface area contributed by atoms with Crippen LogP contribution in [0, 0.1) is 0 Å². The van der Waals surface area contributed by atoms with Crippen LogP contribution in [0.5, 0.6) is 0 Å². The van der Waals surface area contributed by atoms with Gasteiger partial charge in [-0.15, -0.1) is 0 Å². The Labute approximate surface area is 405 Å². The molecule has 0 fully saturated rings. The largest absolute Gasteiger partial charge is 0.456 e. The number of nitrogens with zero attached hydrogens (tertiary/aromatic N) is 2.